The first-order valence-corrected chi connectivity index (χ1v) is 5.85. The van der Waals surface area contributed by atoms with Crippen molar-refractivity contribution in [1.82, 2.24) is 9.97 Å². The lowest BCUT2D eigenvalue weighted by Gasteiger charge is -2.09. The van der Waals surface area contributed by atoms with Gasteiger partial charge in [-0.3, -0.25) is 4.98 Å². The molecule has 0 saturated heterocycles. The minimum Gasteiger partial charge on any atom is -0.326 e. The van der Waals surface area contributed by atoms with Gasteiger partial charge in [0.05, 0.1) is 6.20 Å². The Kier molecular flexibility index (Phi) is 3.54. The standard InChI is InChI=1S/C12H13N3S/c1-9-3-2-4-10(7-13)12(9)16-11-8-14-5-6-15-11/h2-6,8H,7,13H2,1H3. The van der Waals surface area contributed by atoms with E-state index >= 15 is 0 Å². The first-order valence-electron chi connectivity index (χ1n) is 5.03. The van der Waals surface area contributed by atoms with Crippen molar-refractivity contribution < 1.29 is 0 Å². The van der Waals surface area contributed by atoms with E-state index in [1.807, 2.05) is 12.1 Å². The highest BCUT2D eigenvalue weighted by Crippen LogP contribution is 2.31. The maximum absolute atomic E-state index is 5.72. The van der Waals surface area contributed by atoms with Gasteiger partial charge in [-0.25, -0.2) is 4.98 Å². The van der Waals surface area contributed by atoms with E-state index in [9.17, 15) is 0 Å². The van der Waals surface area contributed by atoms with E-state index in [0.717, 1.165) is 10.6 Å². The zero-order chi connectivity index (χ0) is 11.4. The molecule has 0 aliphatic carbocycles. The Morgan fingerprint density at radius 2 is 2.19 bits per heavy atom. The molecule has 2 N–H and O–H groups in total. The molecule has 0 bridgehead atoms. The van der Waals surface area contributed by atoms with Gasteiger partial charge in [-0.2, -0.15) is 0 Å². The maximum Gasteiger partial charge on any atom is 0.119 e. The lowest BCUT2D eigenvalue weighted by Crippen LogP contribution is -1.99. The molecular formula is C12H13N3S. The Bertz CT molecular complexity index is 471. The van der Waals surface area contributed by atoms with E-state index in [2.05, 4.69) is 23.0 Å². The average molecular weight is 231 g/mol. The largest absolute Gasteiger partial charge is 0.326 e. The summed E-state index contributed by atoms with van der Waals surface area (Å²) >= 11 is 1.61. The summed E-state index contributed by atoms with van der Waals surface area (Å²) in [5.41, 5.74) is 8.09. The molecular weight excluding hydrogens is 218 g/mol. The zero-order valence-electron chi connectivity index (χ0n) is 9.05. The Morgan fingerprint density at radius 3 is 2.88 bits per heavy atom. The predicted molar refractivity (Wildman–Crippen MR) is 65.2 cm³/mol. The van der Waals surface area contributed by atoms with Crippen molar-refractivity contribution in [3.05, 3.63) is 47.9 Å². The third-order valence-electron chi connectivity index (χ3n) is 2.26. The zero-order valence-corrected chi connectivity index (χ0v) is 9.87. The van der Waals surface area contributed by atoms with Crippen molar-refractivity contribution in [3.63, 3.8) is 0 Å². The molecule has 1 aromatic heterocycles. The van der Waals surface area contributed by atoms with Crippen LogP contribution < -0.4 is 5.73 Å². The number of aromatic nitrogens is 2. The van der Waals surface area contributed by atoms with Gasteiger partial charge < -0.3 is 5.73 Å². The summed E-state index contributed by atoms with van der Waals surface area (Å²) in [5, 5.41) is 0.895. The summed E-state index contributed by atoms with van der Waals surface area (Å²) in [4.78, 5) is 9.49. The fourth-order valence-electron chi connectivity index (χ4n) is 1.46. The van der Waals surface area contributed by atoms with Crippen LogP contribution in [0.15, 0.2) is 46.7 Å². The molecule has 16 heavy (non-hydrogen) atoms. The van der Waals surface area contributed by atoms with Crippen LogP contribution in [0, 0.1) is 6.92 Å². The molecule has 0 aliphatic rings. The van der Waals surface area contributed by atoms with Crippen molar-refractivity contribution in [2.45, 2.75) is 23.4 Å². The lowest BCUT2D eigenvalue weighted by atomic mass is 10.1. The van der Waals surface area contributed by atoms with Crippen LogP contribution >= 0.6 is 11.8 Å². The van der Waals surface area contributed by atoms with Gasteiger partial charge in [-0.1, -0.05) is 30.0 Å². The van der Waals surface area contributed by atoms with Crippen LogP contribution in [0.25, 0.3) is 0 Å². The monoisotopic (exact) mass is 231 g/mol. The van der Waals surface area contributed by atoms with Crippen LogP contribution in [-0.4, -0.2) is 9.97 Å². The van der Waals surface area contributed by atoms with E-state index in [1.54, 1.807) is 30.4 Å². The van der Waals surface area contributed by atoms with Gasteiger partial charge in [0.2, 0.25) is 0 Å². The summed E-state index contributed by atoms with van der Waals surface area (Å²) < 4.78 is 0. The predicted octanol–water partition coefficient (Wildman–Crippen LogP) is 2.39. The highest BCUT2D eigenvalue weighted by molar-refractivity contribution is 7.99. The normalized spacial score (nSPS) is 10.4. The van der Waals surface area contributed by atoms with E-state index in [-0.39, 0.29) is 0 Å². The van der Waals surface area contributed by atoms with Crippen molar-refractivity contribution in [1.29, 1.82) is 0 Å². The Morgan fingerprint density at radius 1 is 1.31 bits per heavy atom. The SMILES string of the molecule is Cc1cccc(CN)c1Sc1cnccn1. The lowest BCUT2D eigenvalue weighted by molar-refractivity contribution is 1.00. The van der Waals surface area contributed by atoms with E-state index < -0.39 is 0 Å². The third kappa shape index (κ3) is 2.40. The quantitative estimate of drug-likeness (QED) is 0.881. The molecule has 0 atom stereocenters. The second-order valence-electron chi connectivity index (χ2n) is 3.41. The summed E-state index contributed by atoms with van der Waals surface area (Å²) in [6.45, 7) is 2.63. The Balaban J connectivity index is 2.34. The number of rotatable bonds is 3. The molecule has 0 aliphatic heterocycles. The fourth-order valence-corrected chi connectivity index (χ4v) is 2.41. The van der Waals surface area contributed by atoms with Gasteiger partial charge in [0.1, 0.15) is 5.03 Å². The van der Waals surface area contributed by atoms with Gasteiger partial charge in [0, 0.05) is 23.8 Å². The second-order valence-corrected chi connectivity index (χ2v) is 4.44. The Hall–Kier alpha value is -1.39. The number of benzene rings is 1. The van der Waals surface area contributed by atoms with Crippen molar-refractivity contribution in [2.75, 3.05) is 0 Å². The molecule has 0 amide bonds. The first kappa shape index (κ1) is 11.1. The van der Waals surface area contributed by atoms with Gasteiger partial charge in [0.15, 0.2) is 0 Å². The van der Waals surface area contributed by atoms with Crippen LogP contribution in [0.2, 0.25) is 0 Å². The highest BCUT2D eigenvalue weighted by Gasteiger charge is 2.06. The van der Waals surface area contributed by atoms with Crippen LogP contribution in [0.3, 0.4) is 0 Å². The third-order valence-corrected chi connectivity index (χ3v) is 3.47. The van der Waals surface area contributed by atoms with E-state index in [4.69, 9.17) is 5.73 Å². The molecule has 82 valence electrons. The number of nitrogens with zero attached hydrogens (tertiary/aromatic N) is 2. The van der Waals surface area contributed by atoms with E-state index in [0.29, 0.717) is 6.54 Å². The molecule has 1 heterocycles. The van der Waals surface area contributed by atoms with E-state index in [1.165, 1.54) is 10.5 Å². The smallest absolute Gasteiger partial charge is 0.119 e. The molecule has 0 radical (unpaired) electrons. The molecule has 4 heteroatoms. The summed E-state index contributed by atoms with van der Waals surface area (Å²) in [7, 11) is 0. The Labute approximate surface area is 99.1 Å². The molecule has 0 fully saturated rings. The molecule has 0 spiro atoms. The van der Waals surface area contributed by atoms with Crippen molar-refractivity contribution in [3.8, 4) is 0 Å². The summed E-state index contributed by atoms with van der Waals surface area (Å²) in [6.07, 6.45) is 5.13. The van der Waals surface area contributed by atoms with Crippen LogP contribution in [0.1, 0.15) is 11.1 Å². The maximum atomic E-state index is 5.72. The minimum absolute atomic E-state index is 0.546. The molecule has 0 unspecified atom stereocenters. The van der Waals surface area contributed by atoms with Crippen LogP contribution in [-0.2, 0) is 6.54 Å². The van der Waals surface area contributed by atoms with Crippen molar-refractivity contribution in [2.24, 2.45) is 5.73 Å². The minimum atomic E-state index is 0.546. The van der Waals surface area contributed by atoms with Gasteiger partial charge in [-0.15, -0.1) is 0 Å². The van der Waals surface area contributed by atoms with Gasteiger partial charge in [-0.05, 0) is 18.1 Å². The average Bonchev–Trinajstić information content (AvgIpc) is 2.33. The first-order chi connectivity index (χ1) is 7.81. The van der Waals surface area contributed by atoms with Crippen LogP contribution in [0.5, 0.6) is 0 Å². The number of hydrogen-bond acceptors (Lipinski definition) is 4. The molecule has 3 nitrogen and oxygen atoms in total. The number of aryl methyl sites for hydroxylation is 1. The summed E-state index contributed by atoms with van der Waals surface area (Å²) in [5.74, 6) is 0. The number of nitrogens with two attached hydrogens (primary N) is 1. The topological polar surface area (TPSA) is 51.8 Å². The number of hydrogen-bond donors (Lipinski definition) is 1. The van der Waals surface area contributed by atoms with Crippen molar-refractivity contribution >= 4 is 11.8 Å². The fraction of sp³-hybridized carbons (Fsp3) is 0.167. The molecule has 2 aromatic rings. The molecule has 2 rings (SSSR count). The van der Waals surface area contributed by atoms with Gasteiger partial charge >= 0.3 is 0 Å². The van der Waals surface area contributed by atoms with Gasteiger partial charge in [0.25, 0.3) is 0 Å². The summed E-state index contributed by atoms with van der Waals surface area (Å²) in [6, 6.07) is 6.15. The molecule has 0 saturated carbocycles. The highest BCUT2D eigenvalue weighted by atomic mass is 32.2. The second kappa shape index (κ2) is 5.09. The molecule has 1 aromatic carbocycles. The van der Waals surface area contributed by atoms with Crippen LogP contribution in [0.4, 0.5) is 0 Å².